The van der Waals surface area contributed by atoms with Gasteiger partial charge in [-0.25, -0.2) is 4.79 Å². The maximum atomic E-state index is 11.8. The van der Waals surface area contributed by atoms with E-state index in [1.165, 1.54) is 5.56 Å². The molecule has 1 aromatic carbocycles. The lowest BCUT2D eigenvalue weighted by Gasteiger charge is -2.30. The Morgan fingerprint density at radius 1 is 1.22 bits per heavy atom. The van der Waals surface area contributed by atoms with Crippen LogP contribution in [0.15, 0.2) is 24.3 Å². The van der Waals surface area contributed by atoms with Gasteiger partial charge in [0.05, 0.1) is 6.10 Å². The van der Waals surface area contributed by atoms with Crippen molar-refractivity contribution in [1.82, 2.24) is 15.5 Å². The minimum absolute atomic E-state index is 0.116. The number of rotatable bonds is 6. The van der Waals surface area contributed by atoms with E-state index >= 15 is 0 Å². The van der Waals surface area contributed by atoms with E-state index in [-0.39, 0.29) is 12.1 Å². The first-order chi connectivity index (χ1) is 11.0. The second-order valence-corrected chi connectivity index (χ2v) is 6.73. The summed E-state index contributed by atoms with van der Waals surface area (Å²) in [6.45, 7) is 8.10. The Labute approximate surface area is 139 Å². The zero-order chi connectivity index (χ0) is 16.7. The fourth-order valence-corrected chi connectivity index (χ4v) is 2.74. The number of benzene rings is 1. The number of aliphatic hydroxyl groups excluding tert-OH is 1. The average Bonchev–Trinajstić information content (AvgIpc) is 2.54. The first-order valence-electron chi connectivity index (χ1n) is 8.53. The van der Waals surface area contributed by atoms with E-state index in [0.717, 1.165) is 38.0 Å². The van der Waals surface area contributed by atoms with Crippen molar-refractivity contribution in [2.24, 2.45) is 5.92 Å². The van der Waals surface area contributed by atoms with Crippen LogP contribution in [0.25, 0.3) is 0 Å². The Hall–Kier alpha value is -1.59. The lowest BCUT2D eigenvalue weighted by Crippen LogP contribution is -2.38. The largest absolute Gasteiger partial charge is 0.393 e. The molecule has 23 heavy (non-hydrogen) atoms. The van der Waals surface area contributed by atoms with Crippen LogP contribution in [0.1, 0.15) is 37.8 Å². The van der Waals surface area contributed by atoms with Crippen LogP contribution in [-0.4, -0.2) is 41.8 Å². The molecule has 5 nitrogen and oxygen atoms in total. The Balaban J connectivity index is 1.86. The van der Waals surface area contributed by atoms with Crippen LogP contribution in [0.3, 0.4) is 0 Å². The van der Waals surface area contributed by atoms with Gasteiger partial charge in [-0.3, -0.25) is 4.90 Å². The van der Waals surface area contributed by atoms with Gasteiger partial charge in [-0.1, -0.05) is 38.1 Å². The Morgan fingerprint density at radius 3 is 2.52 bits per heavy atom. The summed E-state index contributed by atoms with van der Waals surface area (Å²) in [6.07, 6.45) is 1.54. The number of carbonyl (C=O) groups excluding carboxylic acids is 1. The summed E-state index contributed by atoms with van der Waals surface area (Å²) in [4.78, 5) is 14.2. The highest BCUT2D eigenvalue weighted by molar-refractivity contribution is 5.73. The second-order valence-electron chi connectivity index (χ2n) is 6.73. The van der Waals surface area contributed by atoms with Gasteiger partial charge < -0.3 is 15.7 Å². The Bertz CT molecular complexity index is 497. The molecule has 1 aliphatic heterocycles. The molecule has 3 N–H and O–H groups in total. The monoisotopic (exact) mass is 319 g/mol. The van der Waals surface area contributed by atoms with Crippen molar-refractivity contribution in [3.05, 3.63) is 35.4 Å². The third-order valence-electron chi connectivity index (χ3n) is 4.18. The third-order valence-corrected chi connectivity index (χ3v) is 4.18. The minimum atomic E-state index is -0.146. The number of hydrogen-bond donors (Lipinski definition) is 3. The van der Waals surface area contributed by atoms with Crippen molar-refractivity contribution in [3.8, 4) is 0 Å². The van der Waals surface area contributed by atoms with Crippen molar-refractivity contribution in [2.45, 2.75) is 45.9 Å². The zero-order valence-electron chi connectivity index (χ0n) is 14.2. The first kappa shape index (κ1) is 17.8. The predicted molar refractivity (Wildman–Crippen MR) is 92.0 cm³/mol. The van der Waals surface area contributed by atoms with E-state index in [9.17, 15) is 9.90 Å². The van der Waals surface area contributed by atoms with Crippen molar-refractivity contribution < 1.29 is 9.90 Å². The molecule has 1 heterocycles. The average molecular weight is 319 g/mol. The molecular weight excluding hydrogens is 290 g/mol. The van der Waals surface area contributed by atoms with Crippen molar-refractivity contribution in [2.75, 3.05) is 19.6 Å². The van der Waals surface area contributed by atoms with Crippen LogP contribution in [0.5, 0.6) is 0 Å². The number of carbonyl (C=O) groups is 1. The number of amides is 2. The summed E-state index contributed by atoms with van der Waals surface area (Å²) in [5.41, 5.74) is 2.39. The van der Waals surface area contributed by atoms with Gasteiger partial charge in [0.1, 0.15) is 0 Å². The molecular formula is C18H29N3O2. The highest BCUT2D eigenvalue weighted by Gasteiger charge is 2.17. The molecule has 128 valence electrons. The molecule has 0 aromatic heterocycles. The molecule has 1 fully saturated rings. The smallest absolute Gasteiger partial charge is 0.315 e. The van der Waals surface area contributed by atoms with Gasteiger partial charge in [-0.05, 0) is 29.9 Å². The zero-order valence-corrected chi connectivity index (χ0v) is 14.2. The molecule has 0 bridgehead atoms. The maximum Gasteiger partial charge on any atom is 0.315 e. The molecule has 1 aromatic rings. The van der Waals surface area contributed by atoms with E-state index in [1.54, 1.807) is 0 Å². The summed E-state index contributed by atoms with van der Waals surface area (Å²) < 4.78 is 0. The van der Waals surface area contributed by atoms with E-state index < -0.39 is 0 Å². The minimum Gasteiger partial charge on any atom is -0.393 e. The summed E-state index contributed by atoms with van der Waals surface area (Å²) in [7, 11) is 0. The standard InChI is InChI=1S/C18H29N3O2/c1-14(2)11-19-18(23)20-12-15-5-3-4-6-16(15)13-21-9-7-17(22)8-10-21/h3-6,14,17,22H,7-13H2,1-2H3,(H2,19,20,23). The summed E-state index contributed by atoms with van der Waals surface area (Å²) in [5.74, 6) is 0.447. The van der Waals surface area contributed by atoms with Crippen LogP contribution in [0.2, 0.25) is 0 Å². The molecule has 0 saturated carbocycles. The molecule has 0 aliphatic carbocycles. The Kier molecular flexibility index (Phi) is 6.86. The lowest BCUT2D eigenvalue weighted by atomic mass is 10.0. The quantitative estimate of drug-likeness (QED) is 0.752. The molecule has 1 aliphatic rings. The fourth-order valence-electron chi connectivity index (χ4n) is 2.74. The first-order valence-corrected chi connectivity index (χ1v) is 8.53. The number of likely N-dealkylation sites (tertiary alicyclic amines) is 1. The van der Waals surface area contributed by atoms with Gasteiger partial charge in [-0.2, -0.15) is 0 Å². The number of piperidine rings is 1. The maximum absolute atomic E-state index is 11.8. The number of nitrogens with zero attached hydrogens (tertiary/aromatic N) is 1. The van der Waals surface area contributed by atoms with Crippen LogP contribution in [-0.2, 0) is 13.1 Å². The predicted octanol–water partition coefficient (Wildman–Crippen LogP) is 2.10. The van der Waals surface area contributed by atoms with Crippen LogP contribution in [0, 0.1) is 5.92 Å². The van der Waals surface area contributed by atoms with Crippen LogP contribution < -0.4 is 10.6 Å². The topological polar surface area (TPSA) is 64.6 Å². The highest BCUT2D eigenvalue weighted by atomic mass is 16.3. The molecule has 0 spiro atoms. The Morgan fingerprint density at radius 2 is 1.87 bits per heavy atom. The molecule has 0 radical (unpaired) electrons. The van der Waals surface area contributed by atoms with Gasteiger partial charge in [0.2, 0.25) is 0 Å². The van der Waals surface area contributed by atoms with E-state index in [2.05, 4.69) is 41.5 Å². The van der Waals surface area contributed by atoms with Crippen molar-refractivity contribution in [1.29, 1.82) is 0 Å². The van der Waals surface area contributed by atoms with Gasteiger partial charge in [0, 0.05) is 32.7 Å². The van der Waals surface area contributed by atoms with Gasteiger partial charge in [-0.15, -0.1) is 0 Å². The third kappa shape index (κ3) is 6.20. The fraction of sp³-hybridized carbons (Fsp3) is 0.611. The number of hydrogen-bond acceptors (Lipinski definition) is 3. The van der Waals surface area contributed by atoms with E-state index in [4.69, 9.17) is 0 Å². The van der Waals surface area contributed by atoms with Crippen LogP contribution in [0.4, 0.5) is 4.79 Å². The van der Waals surface area contributed by atoms with Crippen LogP contribution >= 0.6 is 0 Å². The van der Waals surface area contributed by atoms with E-state index in [1.807, 2.05) is 12.1 Å². The lowest BCUT2D eigenvalue weighted by molar-refractivity contribution is 0.0791. The van der Waals surface area contributed by atoms with Gasteiger partial charge in [0.25, 0.3) is 0 Å². The molecule has 0 atom stereocenters. The van der Waals surface area contributed by atoms with Crippen molar-refractivity contribution in [3.63, 3.8) is 0 Å². The normalized spacial score (nSPS) is 16.5. The highest BCUT2D eigenvalue weighted by Crippen LogP contribution is 2.16. The molecule has 2 amide bonds. The van der Waals surface area contributed by atoms with Gasteiger partial charge >= 0.3 is 6.03 Å². The molecule has 2 rings (SSSR count). The number of aliphatic hydroxyl groups is 1. The SMILES string of the molecule is CC(C)CNC(=O)NCc1ccccc1CN1CCC(O)CC1. The van der Waals surface area contributed by atoms with Gasteiger partial charge in [0.15, 0.2) is 0 Å². The summed E-state index contributed by atoms with van der Waals surface area (Å²) in [5, 5.41) is 15.4. The summed E-state index contributed by atoms with van der Waals surface area (Å²) >= 11 is 0. The molecule has 0 unspecified atom stereocenters. The van der Waals surface area contributed by atoms with E-state index in [0.29, 0.717) is 19.0 Å². The molecule has 5 heteroatoms. The number of nitrogens with one attached hydrogen (secondary N) is 2. The second kappa shape index (κ2) is 8.89. The number of urea groups is 1. The molecule has 1 saturated heterocycles. The summed E-state index contributed by atoms with van der Waals surface area (Å²) in [6, 6.07) is 8.11. The van der Waals surface area contributed by atoms with Crippen molar-refractivity contribution >= 4 is 6.03 Å².